The predicted octanol–water partition coefficient (Wildman–Crippen LogP) is 0.977. The largest absolute Gasteiger partial charge is 0.481 e. The van der Waals surface area contributed by atoms with Gasteiger partial charge in [0.25, 0.3) is 0 Å². The predicted molar refractivity (Wildman–Crippen MR) is 73.2 cm³/mol. The first kappa shape index (κ1) is 15.8. The molecule has 1 saturated carbocycles. The summed E-state index contributed by atoms with van der Waals surface area (Å²) < 4.78 is 0. The van der Waals surface area contributed by atoms with E-state index in [0.29, 0.717) is 13.1 Å². The maximum absolute atomic E-state index is 12.0. The number of carbonyl (C=O) groups is 2. The summed E-state index contributed by atoms with van der Waals surface area (Å²) in [5, 5.41) is 11.6. The van der Waals surface area contributed by atoms with Gasteiger partial charge in [-0.05, 0) is 40.3 Å². The highest BCUT2D eigenvalue weighted by Gasteiger charge is 2.39. The number of urea groups is 1. The standard InChI is InChI=1S/C13H25N3O3/c1-4-16(9-6-11(17)18)12(19)14-10-13(15(2)3)7-5-8-13/h4-10H2,1-3H3,(H,14,19)(H,17,18). The topological polar surface area (TPSA) is 72.9 Å². The lowest BCUT2D eigenvalue weighted by Gasteiger charge is -2.47. The Morgan fingerprint density at radius 3 is 2.32 bits per heavy atom. The molecule has 0 unspecified atom stereocenters. The first-order chi connectivity index (χ1) is 8.91. The molecule has 1 aliphatic rings. The van der Waals surface area contributed by atoms with Crippen LogP contribution in [-0.2, 0) is 4.79 Å². The van der Waals surface area contributed by atoms with Gasteiger partial charge in [-0.15, -0.1) is 0 Å². The van der Waals surface area contributed by atoms with Crippen molar-refractivity contribution in [3.8, 4) is 0 Å². The highest BCUT2D eigenvalue weighted by atomic mass is 16.4. The maximum atomic E-state index is 12.0. The van der Waals surface area contributed by atoms with Crippen LogP contribution in [0.4, 0.5) is 4.79 Å². The molecular weight excluding hydrogens is 246 g/mol. The third kappa shape index (κ3) is 4.09. The van der Waals surface area contributed by atoms with E-state index in [2.05, 4.69) is 10.2 Å². The molecule has 0 aromatic heterocycles. The van der Waals surface area contributed by atoms with Gasteiger partial charge in [0.15, 0.2) is 0 Å². The van der Waals surface area contributed by atoms with Gasteiger partial charge in [-0.3, -0.25) is 4.79 Å². The summed E-state index contributed by atoms with van der Waals surface area (Å²) in [6, 6.07) is -0.170. The molecular formula is C13H25N3O3. The third-order valence-electron chi connectivity index (χ3n) is 4.07. The minimum atomic E-state index is -0.880. The van der Waals surface area contributed by atoms with Crippen molar-refractivity contribution in [1.29, 1.82) is 0 Å². The Labute approximate surface area is 114 Å². The van der Waals surface area contributed by atoms with E-state index in [1.165, 1.54) is 11.3 Å². The number of rotatable bonds is 7. The van der Waals surface area contributed by atoms with E-state index in [0.717, 1.165) is 12.8 Å². The minimum Gasteiger partial charge on any atom is -0.481 e. The number of aliphatic carboxylic acids is 1. The van der Waals surface area contributed by atoms with Crippen molar-refractivity contribution < 1.29 is 14.7 Å². The zero-order valence-electron chi connectivity index (χ0n) is 12.1. The third-order valence-corrected chi connectivity index (χ3v) is 4.07. The van der Waals surface area contributed by atoms with Crippen LogP contribution in [-0.4, -0.2) is 66.2 Å². The number of carboxylic acid groups (broad SMARTS) is 1. The molecule has 1 fully saturated rings. The summed E-state index contributed by atoms with van der Waals surface area (Å²) in [7, 11) is 4.07. The number of amides is 2. The van der Waals surface area contributed by atoms with Gasteiger partial charge in [0, 0.05) is 25.2 Å². The zero-order valence-corrected chi connectivity index (χ0v) is 12.1. The zero-order chi connectivity index (χ0) is 14.5. The molecule has 2 N–H and O–H groups in total. The molecule has 0 spiro atoms. The summed E-state index contributed by atoms with van der Waals surface area (Å²) >= 11 is 0. The molecule has 1 aliphatic carbocycles. The van der Waals surface area contributed by atoms with Crippen molar-refractivity contribution in [2.75, 3.05) is 33.7 Å². The molecule has 6 nitrogen and oxygen atoms in total. The molecule has 0 aliphatic heterocycles. The number of carbonyl (C=O) groups excluding carboxylic acids is 1. The molecule has 1 rings (SSSR count). The number of likely N-dealkylation sites (N-methyl/N-ethyl adjacent to an activating group) is 1. The van der Waals surface area contributed by atoms with Crippen molar-refractivity contribution >= 4 is 12.0 Å². The lowest BCUT2D eigenvalue weighted by atomic mass is 9.75. The van der Waals surface area contributed by atoms with Gasteiger partial charge in [-0.25, -0.2) is 4.79 Å². The van der Waals surface area contributed by atoms with Gasteiger partial charge in [0.05, 0.1) is 6.42 Å². The SMILES string of the molecule is CCN(CCC(=O)O)C(=O)NCC1(N(C)C)CCC1. The van der Waals surface area contributed by atoms with Crippen LogP contribution in [0.1, 0.15) is 32.6 Å². The van der Waals surface area contributed by atoms with Crippen LogP contribution in [0.5, 0.6) is 0 Å². The number of hydrogen-bond donors (Lipinski definition) is 2. The van der Waals surface area contributed by atoms with Crippen molar-refractivity contribution in [2.45, 2.75) is 38.1 Å². The Morgan fingerprint density at radius 1 is 1.32 bits per heavy atom. The van der Waals surface area contributed by atoms with Gasteiger partial charge < -0.3 is 20.2 Å². The fourth-order valence-corrected chi connectivity index (χ4v) is 2.35. The average molecular weight is 271 g/mol. The Bertz CT molecular complexity index is 327. The van der Waals surface area contributed by atoms with Crippen LogP contribution in [0.3, 0.4) is 0 Å². The molecule has 0 aromatic rings. The summed E-state index contributed by atoms with van der Waals surface area (Å²) in [6.45, 7) is 3.26. The number of carboxylic acids is 1. The molecule has 0 bridgehead atoms. The molecule has 0 heterocycles. The summed E-state index contributed by atoms with van der Waals surface area (Å²) in [5.41, 5.74) is 0.0852. The fraction of sp³-hybridized carbons (Fsp3) is 0.846. The fourth-order valence-electron chi connectivity index (χ4n) is 2.35. The van der Waals surface area contributed by atoms with Crippen molar-refractivity contribution in [3.63, 3.8) is 0 Å². The summed E-state index contributed by atoms with van der Waals surface area (Å²) in [4.78, 5) is 26.2. The van der Waals surface area contributed by atoms with Gasteiger partial charge in [-0.1, -0.05) is 0 Å². The van der Waals surface area contributed by atoms with Crippen molar-refractivity contribution in [3.05, 3.63) is 0 Å². The number of nitrogens with zero attached hydrogens (tertiary/aromatic N) is 2. The van der Waals surface area contributed by atoms with Crippen LogP contribution >= 0.6 is 0 Å². The number of nitrogens with one attached hydrogen (secondary N) is 1. The molecule has 0 radical (unpaired) electrons. The van der Waals surface area contributed by atoms with E-state index < -0.39 is 5.97 Å². The monoisotopic (exact) mass is 271 g/mol. The highest BCUT2D eigenvalue weighted by Crippen LogP contribution is 2.35. The molecule has 110 valence electrons. The van der Waals surface area contributed by atoms with E-state index in [-0.39, 0.29) is 24.5 Å². The lowest BCUT2D eigenvalue weighted by Crippen LogP contribution is -2.58. The average Bonchev–Trinajstić information content (AvgIpc) is 2.27. The second kappa shape index (κ2) is 6.75. The second-order valence-corrected chi connectivity index (χ2v) is 5.35. The van der Waals surface area contributed by atoms with E-state index >= 15 is 0 Å². The summed E-state index contributed by atoms with van der Waals surface area (Å²) in [5.74, 6) is -0.880. The minimum absolute atomic E-state index is 0.0138. The molecule has 0 aromatic carbocycles. The normalized spacial score (nSPS) is 16.8. The quantitative estimate of drug-likeness (QED) is 0.724. The van der Waals surface area contributed by atoms with Crippen LogP contribution < -0.4 is 5.32 Å². The smallest absolute Gasteiger partial charge is 0.317 e. The van der Waals surface area contributed by atoms with Crippen LogP contribution in [0.25, 0.3) is 0 Å². The van der Waals surface area contributed by atoms with Crippen LogP contribution in [0.15, 0.2) is 0 Å². The van der Waals surface area contributed by atoms with Crippen molar-refractivity contribution in [2.24, 2.45) is 0 Å². The molecule has 0 atom stereocenters. The first-order valence-corrected chi connectivity index (χ1v) is 6.83. The molecule has 0 saturated heterocycles. The van der Waals surface area contributed by atoms with Gasteiger partial charge in [0.1, 0.15) is 0 Å². The van der Waals surface area contributed by atoms with E-state index in [1.807, 2.05) is 21.0 Å². The first-order valence-electron chi connectivity index (χ1n) is 6.83. The van der Waals surface area contributed by atoms with Crippen LogP contribution in [0.2, 0.25) is 0 Å². The maximum Gasteiger partial charge on any atom is 0.317 e. The number of hydrogen-bond acceptors (Lipinski definition) is 3. The second-order valence-electron chi connectivity index (χ2n) is 5.35. The Morgan fingerprint density at radius 2 is 1.95 bits per heavy atom. The Hall–Kier alpha value is -1.30. The van der Waals surface area contributed by atoms with Crippen LogP contribution in [0, 0.1) is 0 Å². The Kier molecular flexibility index (Phi) is 5.60. The van der Waals surface area contributed by atoms with Gasteiger partial charge in [-0.2, -0.15) is 0 Å². The Balaban J connectivity index is 2.42. The van der Waals surface area contributed by atoms with E-state index in [4.69, 9.17) is 5.11 Å². The lowest BCUT2D eigenvalue weighted by molar-refractivity contribution is -0.137. The molecule has 6 heteroatoms. The van der Waals surface area contributed by atoms with E-state index in [1.54, 1.807) is 0 Å². The highest BCUT2D eigenvalue weighted by molar-refractivity contribution is 5.75. The summed E-state index contributed by atoms with van der Waals surface area (Å²) in [6.07, 6.45) is 3.38. The van der Waals surface area contributed by atoms with Gasteiger partial charge >= 0.3 is 12.0 Å². The van der Waals surface area contributed by atoms with Gasteiger partial charge in [0.2, 0.25) is 0 Å². The molecule has 19 heavy (non-hydrogen) atoms. The molecule has 2 amide bonds. The van der Waals surface area contributed by atoms with E-state index in [9.17, 15) is 9.59 Å². The van der Waals surface area contributed by atoms with Crippen molar-refractivity contribution in [1.82, 2.24) is 15.1 Å².